The van der Waals surface area contributed by atoms with E-state index >= 15 is 0 Å². The number of hydrogen-bond donors (Lipinski definition) is 0. The Hall–Kier alpha value is -2.35. The highest BCUT2D eigenvalue weighted by atomic mass is 19.2. The van der Waals surface area contributed by atoms with E-state index in [1.807, 2.05) is 0 Å². The molecule has 0 N–H and O–H groups in total. The fraction of sp³-hybridized carbons (Fsp3) is 0.308. The van der Waals surface area contributed by atoms with Gasteiger partial charge in [0.25, 0.3) is 0 Å². The predicted molar refractivity (Wildman–Crippen MR) is 67.5 cm³/mol. The number of carbonyl (C=O) groups excluding carboxylic acids is 1. The van der Waals surface area contributed by atoms with Crippen LogP contribution in [0.5, 0.6) is 0 Å². The molecule has 0 bridgehead atoms. The van der Waals surface area contributed by atoms with E-state index in [9.17, 15) is 13.6 Å². The van der Waals surface area contributed by atoms with Gasteiger partial charge in [0.1, 0.15) is 0 Å². The van der Waals surface area contributed by atoms with Crippen LogP contribution in [0, 0.1) is 11.6 Å². The number of aromatic nitrogens is 3. The number of carbonyl (C=O) groups is 1. The average Bonchev–Trinajstić information content (AvgIpc) is 2.86. The van der Waals surface area contributed by atoms with Gasteiger partial charge in [-0.25, -0.2) is 18.3 Å². The first-order valence-corrected chi connectivity index (χ1v) is 6.01. The second-order valence-electron chi connectivity index (χ2n) is 4.18. The van der Waals surface area contributed by atoms with E-state index in [4.69, 9.17) is 4.74 Å². The van der Waals surface area contributed by atoms with Gasteiger partial charge >= 0.3 is 5.97 Å². The molecule has 0 amide bonds. The van der Waals surface area contributed by atoms with E-state index in [-0.39, 0.29) is 24.4 Å². The smallest absolute Gasteiger partial charge is 0.360 e. The number of benzene rings is 1. The van der Waals surface area contributed by atoms with E-state index in [1.165, 1.54) is 31.0 Å². The third kappa shape index (κ3) is 3.05. The molecular weight excluding hydrogens is 284 g/mol. The van der Waals surface area contributed by atoms with Crippen LogP contribution in [0.1, 0.15) is 21.7 Å². The molecule has 0 saturated carbocycles. The van der Waals surface area contributed by atoms with Crippen molar-refractivity contribution in [1.29, 1.82) is 0 Å². The lowest BCUT2D eigenvalue weighted by molar-refractivity contribution is 0.0588. The van der Waals surface area contributed by atoms with Gasteiger partial charge in [0.05, 0.1) is 26.0 Å². The topological polar surface area (TPSA) is 66.2 Å². The van der Waals surface area contributed by atoms with Gasteiger partial charge in [0.2, 0.25) is 0 Å². The molecule has 1 heterocycles. The number of hydrogen-bond acceptors (Lipinski definition) is 5. The van der Waals surface area contributed by atoms with E-state index in [2.05, 4.69) is 15.0 Å². The summed E-state index contributed by atoms with van der Waals surface area (Å²) in [6.07, 6.45) is 0. The van der Waals surface area contributed by atoms with Gasteiger partial charge in [-0.3, -0.25) is 0 Å². The molecule has 0 saturated heterocycles. The summed E-state index contributed by atoms with van der Waals surface area (Å²) in [7, 11) is 2.64. The van der Waals surface area contributed by atoms with Crippen LogP contribution in [0.2, 0.25) is 0 Å². The monoisotopic (exact) mass is 297 g/mol. The van der Waals surface area contributed by atoms with Gasteiger partial charge in [0, 0.05) is 12.7 Å². The Balaban J connectivity index is 2.38. The van der Waals surface area contributed by atoms with Crippen LogP contribution in [0.25, 0.3) is 0 Å². The predicted octanol–water partition coefficient (Wildman–Crippen LogP) is 1.54. The number of nitrogens with zero attached hydrogens (tertiary/aromatic N) is 3. The van der Waals surface area contributed by atoms with Gasteiger partial charge in [-0.1, -0.05) is 17.3 Å². The van der Waals surface area contributed by atoms with Gasteiger partial charge in [-0.15, -0.1) is 5.10 Å². The van der Waals surface area contributed by atoms with Crippen molar-refractivity contribution in [2.75, 3.05) is 14.2 Å². The first kappa shape index (κ1) is 15.0. The van der Waals surface area contributed by atoms with Gasteiger partial charge in [-0.05, 0) is 6.07 Å². The van der Waals surface area contributed by atoms with Crippen molar-refractivity contribution in [3.8, 4) is 0 Å². The normalized spacial score (nSPS) is 10.7. The number of methoxy groups -OCH3 is 2. The molecule has 6 nitrogen and oxygen atoms in total. The quantitative estimate of drug-likeness (QED) is 0.783. The Morgan fingerprint density at radius 2 is 2.10 bits per heavy atom. The zero-order chi connectivity index (χ0) is 15.4. The largest absolute Gasteiger partial charge is 0.464 e. The van der Waals surface area contributed by atoms with Gasteiger partial charge < -0.3 is 9.47 Å². The standard InChI is InChI=1S/C13H13F2N3O3/c1-20-7-10-12(13(19)21-2)16-17-18(10)6-8-4-3-5-9(14)11(8)15/h3-5H,6-7H2,1-2H3. The minimum absolute atomic E-state index is 0.0174. The number of halogens is 2. The van der Waals surface area contributed by atoms with Crippen molar-refractivity contribution in [2.24, 2.45) is 0 Å². The maximum absolute atomic E-state index is 13.7. The van der Waals surface area contributed by atoms with Crippen LogP contribution in [0.4, 0.5) is 8.78 Å². The Morgan fingerprint density at radius 3 is 2.76 bits per heavy atom. The lowest BCUT2D eigenvalue weighted by Crippen LogP contribution is -2.12. The third-order valence-electron chi connectivity index (χ3n) is 2.85. The summed E-state index contributed by atoms with van der Waals surface area (Å²) in [6.45, 7) is -0.0410. The van der Waals surface area contributed by atoms with E-state index in [0.717, 1.165) is 6.07 Å². The Kier molecular flexibility index (Phi) is 4.59. The second kappa shape index (κ2) is 6.40. The summed E-state index contributed by atoms with van der Waals surface area (Å²) >= 11 is 0. The maximum Gasteiger partial charge on any atom is 0.360 e. The molecule has 0 aliphatic heterocycles. The average molecular weight is 297 g/mol. The first-order valence-electron chi connectivity index (χ1n) is 6.01. The van der Waals surface area contributed by atoms with Crippen LogP contribution >= 0.6 is 0 Å². The molecule has 1 aromatic heterocycles. The minimum Gasteiger partial charge on any atom is -0.464 e. The van der Waals surface area contributed by atoms with Crippen molar-refractivity contribution in [1.82, 2.24) is 15.0 Å². The number of rotatable bonds is 5. The molecule has 21 heavy (non-hydrogen) atoms. The summed E-state index contributed by atoms with van der Waals surface area (Å²) in [6, 6.07) is 3.84. The maximum atomic E-state index is 13.7. The Morgan fingerprint density at radius 1 is 1.33 bits per heavy atom. The highest BCUT2D eigenvalue weighted by molar-refractivity contribution is 5.88. The SMILES string of the molecule is COCc1c(C(=O)OC)nnn1Cc1cccc(F)c1F. The lowest BCUT2D eigenvalue weighted by atomic mass is 10.2. The molecule has 0 unspecified atom stereocenters. The zero-order valence-electron chi connectivity index (χ0n) is 11.5. The highest BCUT2D eigenvalue weighted by Crippen LogP contribution is 2.15. The van der Waals surface area contributed by atoms with Gasteiger partial charge in [0.15, 0.2) is 17.3 Å². The minimum atomic E-state index is -0.962. The molecule has 0 fully saturated rings. The van der Waals surface area contributed by atoms with Gasteiger partial charge in [-0.2, -0.15) is 0 Å². The summed E-state index contributed by atoms with van der Waals surface area (Å²) in [4.78, 5) is 11.6. The van der Waals surface area contributed by atoms with E-state index < -0.39 is 17.6 Å². The molecule has 2 rings (SSSR count). The molecular formula is C13H13F2N3O3. The summed E-state index contributed by atoms with van der Waals surface area (Å²) < 4.78 is 37.7. The van der Waals surface area contributed by atoms with Crippen molar-refractivity contribution >= 4 is 5.97 Å². The molecule has 0 aliphatic rings. The fourth-order valence-corrected chi connectivity index (χ4v) is 1.83. The van der Waals surface area contributed by atoms with Crippen molar-refractivity contribution in [2.45, 2.75) is 13.2 Å². The number of ether oxygens (including phenoxy) is 2. The molecule has 1 aromatic carbocycles. The van der Waals surface area contributed by atoms with Crippen LogP contribution in [0.15, 0.2) is 18.2 Å². The third-order valence-corrected chi connectivity index (χ3v) is 2.85. The van der Waals surface area contributed by atoms with Crippen LogP contribution in [0.3, 0.4) is 0 Å². The number of esters is 1. The lowest BCUT2D eigenvalue weighted by Gasteiger charge is -2.08. The van der Waals surface area contributed by atoms with Crippen LogP contribution < -0.4 is 0 Å². The zero-order valence-corrected chi connectivity index (χ0v) is 11.5. The van der Waals surface area contributed by atoms with Crippen molar-refractivity contribution in [3.05, 3.63) is 46.8 Å². The van der Waals surface area contributed by atoms with E-state index in [1.54, 1.807) is 0 Å². The molecule has 112 valence electrons. The Bertz CT molecular complexity index is 658. The van der Waals surface area contributed by atoms with Crippen molar-refractivity contribution < 1.29 is 23.0 Å². The molecule has 0 aliphatic carbocycles. The molecule has 0 atom stereocenters. The van der Waals surface area contributed by atoms with Crippen LogP contribution in [-0.2, 0) is 22.6 Å². The fourth-order valence-electron chi connectivity index (χ4n) is 1.83. The summed E-state index contributed by atoms with van der Waals surface area (Å²) in [5, 5.41) is 7.46. The van der Waals surface area contributed by atoms with E-state index in [0.29, 0.717) is 5.69 Å². The second-order valence-corrected chi connectivity index (χ2v) is 4.18. The molecule has 0 radical (unpaired) electrons. The molecule has 0 spiro atoms. The molecule has 2 aromatic rings. The summed E-state index contributed by atoms with van der Waals surface area (Å²) in [5.41, 5.74) is 0.401. The molecule has 8 heteroatoms. The summed E-state index contributed by atoms with van der Waals surface area (Å²) in [5.74, 6) is -2.59. The Labute approximate surface area is 119 Å². The van der Waals surface area contributed by atoms with Crippen molar-refractivity contribution in [3.63, 3.8) is 0 Å². The first-order chi connectivity index (χ1) is 10.1. The van der Waals surface area contributed by atoms with Crippen LogP contribution in [-0.4, -0.2) is 35.2 Å². The highest BCUT2D eigenvalue weighted by Gasteiger charge is 2.21.